The van der Waals surface area contributed by atoms with E-state index >= 15 is 0 Å². The number of para-hydroxylation sites is 1. The Balaban J connectivity index is 2.00. The summed E-state index contributed by atoms with van der Waals surface area (Å²) < 4.78 is 8.02. The minimum atomic E-state index is -0.431. The van der Waals surface area contributed by atoms with Crippen molar-refractivity contribution < 1.29 is 14.0 Å². The molecule has 3 aromatic heterocycles. The van der Waals surface area contributed by atoms with E-state index in [4.69, 9.17) is 4.42 Å². The van der Waals surface area contributed by atoms with Crippen LogP contribution < -0.4 is 5.43 Å². The molecule has 0 aliphatic carbocycles. The smallest absolute Gasteiger partial charge is 0.298 e. The van der Waals surface area contributed by atoms with Crippen LogP contribution in [0.5, 0.6) is 0 Å². The maximum atomic E-state index is 13.1. The molecular weight excluding hydrogens is 320 g/mol. The Bertz CT molecular complexity index is 1240. The van der Waals surface area contributed by atoms with Crippen LogP contribution in [0.1, 0.15) is 20.9 Å². The number of carbonyl (C=O) groups excluding carboxylic acids is 2. The molecule has 1 aliphatic heterocycles. The summed E-state index contributed by atoms with van der Waals surface area (Å²) >= 11 is 0. The van der Waals surface area contributed by atoms with Crippen LogP contribution in [-0.2, 0) is 0 Å². The zero-order chi connectivity index (χ0) is 17.1. The topological polar surface area (TPSA) is 74.2 Å². The third-order valence-corrected chi connectivity index (χ3v) is 4.44. The molecule has 1 aliphatic rings. The van der Waals surface area contributed by atoms with Crippen molar-refractivity contribution in [3.63, 3.8) is 0 Å². The molecule has 0 radical (unpaired) electrons. The number of rotatable bonds is 1. The Morgan fingerprint density at radius 1 is 0.960 bits per heavy atom. The van der Waals surface area contributed by atoms with E-state index in [1.807, 2.05) is 0 Å². The predicted molar refractivity (Wildman–Crippen MR) is 89.8 cm³/mol. The summed E-state index contributed by atoms with van der Waals surface area (Å²) in [6.45, 7) is 0. The summed E-state index contributed by atoms with van der Waals surface area (Å²) in [5.74, 6) is -0.722. The first kappa shape index (κ1) is 13.7. The third kappa shape index (κ3) is 1.65. The van der Waals surface area contributed by atoms with Gasteiger partial charge in [-0.3, -0.25) is 23.5 Å². The molecule has 1 aromatic carbocycles. The fourth-order valence-electron chi connectivity index (χ4n) is 3.37. The van der Waals surface area contributed by atoms with Crippen molar-refractivity contribution in [2.24, 2.45) is 0 Å². The summed E-state index contributed by atoms with van der Waals surface area (Å²) in [6.07, 6.45) is 3.00. The van der Waals surface area contributed by atoms with Crippen molar-refractivity contribution >= 4 is 22.7 Å². The molecule has 0 N–H and O–H groups in total. The van der Waals surface area contributed by atoms with Crippen molar-refractivity contribution in [1.29, 1.82) is 0 Å². The van der Waals surface area contributed by atoms with Gasteiger partial charge in [-0.25, -0.2) is 0 Å². The van der Waals surface area contributed by atoms with E-state index in [0.29, 0.717) is 22.3 Å². The van der Waals surface area contributed by atoms with Crippen molar-refractivity contribution in [2.45, 2.75) is 0 Å². The van der Waals surface area contributed by atoms with E-state index < -0.39 is 11.8 Å². The molecule has 6 nitrogen and oxygen atoms in total. The van der Waals surface area contributed by atoms with Crippen molar-refractivity contribution in [2.75, 3.05) is 0 Å². The second kappa shape index (κ2) is 4.67. The quantitative estimate of drug-likeness (QED) is 0.474. The number of hydrogen-bond donors (Lipinski definition) is 0. The molecule has 0 bridgehead atoms. The molecule has 4 heterocycles. The zero-order valence-corrected chi connectivity index (χ0v) is 12.8. The van der Waals surface area contributed by atoms with Gasteiger partial charge < -0.3 is 4.42 Å². The predicted octanol–water partition coefficient (Wildman–Crippen LogP) is 2.75. The number of hydrogen-bond acceptors (Lipinski definition) is 4. The standard InChI is InChI=1S/C19H10N2O4/c22-17-11-5-1-2-6-12(11)21(18(23)14-8-4-10-25-14)16-13-7-3-9-20(13)19(24)15(16)17/h1-10H. The number of nitrogens with zero attached hydrogens (tertiary/aromatic N) is 2. The average Bonchev–Trinajstić information content (AvgIpc) is 3.35. The zero-order valence-electron chi connectivity index (χ0n) is 12.8. The van der Waals surface area contributed by atoms with E-state index in [1.54, 1.807) is 54.7 Å². The molecule has 120 valence electrons. The van der Waals surface area contributed by atoms with Gasteiger partial charge in [-0.05, 0) is 36.4 Å². The van der Waals surface area contributed by atoms with E-state index in [9.17, 15) is 14.4 Å². The molecular formula is C19H10N2O4. The van der Waals surface area contributed by atoms with Crippen LogP contribution >= 0.6 is 0 Å². The van der Waals surface area contributed by atoms with Gasteiger partial charge in [0, 0.05) is 11.6 Å². The fraction of sp³-hybridized carbons (Fsp3) is 0. The highest BCUT2D eigenvalue weighted by Gasteiger charge is 2.35. The molecule has 0 unspecified atom stereocenters. The van der Waals surface area contributed by atoms with Crippen molar-refractivity contribution in [1.82, 2.24) is 9.13 Å². The van der Waals surface area contributed by atoms with Gasteiger partial charge in [-0.15, -0.1) is 0 Å². The van der Waals surface area contributed by atoms with Crippen LogP contribution in [-0.4, -0.2) is 20.9 Å². The lowest BCUT2D eigenvalue weighted by molar-refractivity contribution is 0.0938. The molecule has 0 saturated carbocycles. The maximum Gasteiger partial charge on any atom is 0.298 e. The molecule has 0 spiro atoms. The molecule has 5 rings (SSSR count). The van der Waals surface area contributed by atoms with Crippen LogP contribution in [0.4, 0.5) is 0 Å². The highest BCUT2D eigenvalue weighted by molar-refractivity contribution is 6.14. The van der Waals surface area contributed by atoms with E-state index in [1.165, 1.54) is 15.4 Å². The number of pyridine rings is 1. The van der Waals surface area contributed by atoms with Gasteiger partial charge in [0.2, 0.25) is 5.43 Å². The van der Waals surface area contributed by atoms with Crippen molar-refractivity contribution in [3.05, 3.63) is 82.5 Å². The molecule has 4 aromatic rings. The average molecular weight is 330 g/mol. The Morgan fingerprint density at radius 2 is 1.80 bits per heavy atom. The van der Waals surface area contributed by atoms with Crippen LogP contribution in [0.3, 0.4) is 0 Å². The summed E-state index contributed by atoms with van der Waals surface area (Å²) in [6, 6.07) is 13.3. The molecule has 0 saturated heterocycles. The monoisotopic (exact) mass is 330 g/mol. The van der Waals surface area contributed by atoms with Crippen LogP contribution in [0, 0.1) is 0 Å². The number of fused-ring (bicyclic) bond motifs is 4. The summed E-state index contributed by atoms with van der Waals surface area (Å²) in [7, 11) is 0. The Labute approximate surface area is 140 Å². The van der Waals surface area contributed by atoms with Crippen LogP contribution in [0.15, 0.2) is 70.2 Å². The van der Waals surface area contributed by atoms with Crippen LogP contribution in [0.2, 0.25) is 0 Å². The molecule has 25 heavy (non-hydrogen) atoms. The number of furan rings is 1. The van der Waals surface area contributed by atoms with Gasteiger partial charge in [0.25, 0.3) is 11.8 Å². The molecule has 0 amide bonds. The second-order valence-corrected chi connectivity index (χ2v) is 5.76. The Hall–Kier alpha value is -3.67. The molecule has 0 fully saturated rings. The van der Waals surface area contributed by atoms with Gasteiger partial charge in [-0.1, -0.05) is 12.1 Å². The summed E-state index contributed by atoms with van der Waals surface area (Å²) in [4.78, 5) is 38.6. The van der Waals surface area contributed by atoms with Gasteiger partial charge >= 0.3 is 0 Å². The first-order valence-electron chi connectivity index (χ1n) is 7.67. The molecule has 6 heteroatoms. The maximum absolute atomic E-state index is 13.1. The minimum absolute atomic E-state index is 0.00852. The van der Waals surface area contributed by atoms with Gasteiger partial charge in [-0.2, -0.15) is 0 Å². The normalized spacial score (nSPS) is 12.4. The lowest BCUT2D eigenvalue weighted by Gasteiger charge is -2.13. The SMILES string of the molecule is O=C1c2c(n(C(=O)c3ccco3)c3ccccc3c2=O)-c2cccn21. The fourth-order valence-corrected chi connectivity index (χ4v) is 3.37. The minimum Gasteiger partial charge on any atom is -0.459 e. The Kier molecular flexibility index (Phi) is 2.57. The van der Waals surface area contributed by atoms with Crippen molar-refractivity contribution in [3.8, 4) is 11.4 Å². The van der Waals surface area contributed by atoms with Crippen LogP contribution in [0.25, 0.3) is 22.3 Å². The number of carbonyl (C=O) groups is 2. The Morgan fingerprint density at radius 3 is 2.60 bits per heavy atom. The first-order chi connectivity index (χ1) is 12.2. The first-order valence-corrected chi connectivity index (χ1v) is 7.67. The second-order valence-electron chi connectivity index (χ2n) is 5.76. The third-order valence-electron chi connectivity index (χ3n) is 4.44. The summed E-state index contributed by atoms with van der Waals surface area (Å²) in [5.41, 5.74) is 0.898. The summed E-state index contributed by atoms with van der Waals surface area (Å²) in [5, 5.41) is 0.320. The van der Waals surface area contributed by atoms with E-state index in [-0.39, 0.29) is 16.8 Å². The van der Waals surface area contributed by atoms with Gasteiger partial charge in [0.15, 0.2) is 5.76 Å². The molecule has 0 atom stereocenters. The highest BCUT2D eigenvalue weighted by atomic mass is 16.3. The lowest BCUT2D eigenvalue weighted by atomic mass is 10.1. The number of aromatic nitrogens is 2. The van der Waals surface area contributed by atoms with E-state index in [2.05, 4.69) is 0 Å². The van der Waals surface area contributed by atoms with Gasteiger partial charge in [0.05, 0.1) is 23.2 Å². The lowest BCUT2D eigenvalue weighted by Crippen LogP contribution is -2.23. The largest absolute Gasteiger partial charge is 0.459 e. The van der Waals surface area contributed by atoms with Gasteiger partial charge in [0.1, 0.15) is 5.56 Å². The number of benzene rings is 1. The van der Waals surface area contributed by atoms with E-state index in [0.717, 1.165) is 0 Å². The highest BCUT2D eigenvalue weighted by Crippen LogP contribution is 2.33.